The number of carbonyl (C=O) groups is 1. The van der Waals surface area contributed by atoms with Crippen molar-refractivity contribution in [2.24, 2.45) is 0 Å². The highest BCUT2D eigenvalue weighted by molar-refractivity contribution is 8.06. The van der Waals surface area contributed by atoms with E-state index in [-0.39, 0.29) is 19.8 Å². The van der Waals surface area contributed by atoms with Crippen molar-refractivity contribution < 1.29 is 31.5 Å². The van der Waals surface area contributed by atoms with Crippen LogP contribution in [0.25, 0.3) is 0 Å². The third kappa shape index (κ3) is 4.52. The van der Waals surface area contributed by atoms with E-state index in [0.29, 0.717) is 0 Å². The maximum atomic E-state index is 11.9. The second-order valence-corrected chi connectivity index (χ2v) is 8.52. The standard InChI is InChI=1S/C8H15NO7S2/c1-17(12,13)6-18(14,15)9-2-3-16-5-7(9)4-8(10)11/h7H,2-6H2,1H3,(H,10,11). The van der Waals surface area contributed by atoms with E-state index in [1.54, 1.807) is 0 Å². The van der Waals surface area contributed by atoms with E-state index in [4.69, 9.17) is 9.84 Å². The third-order valence-electron chi connectivity index (χ3n) is 2.30. The maximum Gasteiger partial charge on any atom is 0.305 e. The summed E-state index contributed by atoms with van der Waals surface area (Å²) < 4.78 is 51.8. The van der Waals surface area contributed by atoms with Crippen LogP contribution in [0.15, 0.2) is 0 Å². The van der Waals surface area contributed by atoms with E-state index in [1.807, 2.05) is 0 Å². The SMILES string of the molecule is CS(=O)(=O)CS(=O)(=O)N1CCOCC1CC(=O)O. The summed E-state index contributed by atoms with van der Waals surface area (Å²) in [6.07, 6.45) is 0.403. The summed E-state index contributed by atoms with van der Waals surface area (Å²) in [4.78, 5) is 10.6. The number of morpholine rings is 1. The van der Waals surface area contributed by atoms with Gasteiger partial charge in [0.05, 0.1) is 25.7 Å². The van der Waals surface area contributed by atoms with Crippen molar-refractivity contribution in [2.45, 2.75) is 12.5 Å². The van der Waals surface area contributed by atoms with Gasteiger partial charge in [0.15, 0.2) is 14.9 Å². The van der Waals surface area contributed by atoms with Crippen molar-refractivity contribution in [3.63, 3.8) is 0 Å². The zero-order chi connectivity index (χ0) is 14.0. The Kier molecular flexibility index (Phi) is 4.70. The molecule has 0 aromatic heterocycles. The molecule has 0 aromatic rings. The lowest BCUT2D eigenvalue weighted by Crippen LogP contribution is -2.50. The molecule has 1 atom stereocenters. The van der Waals surface area contributed by atoms with Gasteiger partial charge in [-0.2, -0.15) is 4.31 Å². The number of nitrogens with zero attached hydrogens (tertiary/aromatic N) is 1. The van der Waals surface area contributed by atoms with Crippen molar-refractivity contribution in [2.75, 3.05) is 31.1 Å². The van der Waals surface area contributed by atoms with Gasteiger partial charge in [0.1, 0.15) is 0 Å². The molecule has 106 valence electrons. The van der Waals surface area contributed by atoms with Gasteiger partial charge in [-0.05, 0) is 0 Å². The molecule has 1 saturated heterocycles. The number of hydrogen-bond acceptors (Lipinski definition) is 6. The number of sulfone groups is 1. The first-order valence-corrected chi connectivity index (χ1v) is 8.75. The highest BCUT2D eigenvalue weighted by atomic mass is 32.3. The molecule has 1 heterocycles. The van der Waals surface area contributed by atoms with Gasteiger partial charge in [-0.15, -0.1) is 0 Å². The van der Waals surface area contributed by atoms with Gasteiger partial charge in [-0.1, -0.05) is 0 Å². The molecule has 0 amide bonds. The van der Waals surface area contributed by atoms with Crippen molar-refractivity contribution in [1.29, 1.82) is 0 Å². The highest BCUT2D eigenvalue weighted by Gasteiger charge is 2.35. The molecule has 1 N–H and O–H groups in total. The Bertz CT molecular complexity index is 510. The molecule has 1 unspecified atom stereocenters. The molecule has 1 fully saturated rings. The van der Waals surface area contributed by atoms with Gasteiger partial charge in [-0.3, -0.25) is 4.79 Å². The minimum Gasteiger partial charge on any atom is -0.481 e. The van der Waals surface area contributed by atoms with Crippen LogP contribution in [0.4, 0.5) is 0 Å². The van der Waals surface area contributed by atoms with Crippen LogP contribution in [-0.4, -0.2) is 69.4 Å². The second kappa shape index (κ2) is 5.51. The fourth-order valence-electron chi connectivity index (χ4n) is 1.71. The fourth-order valence-corrected chi connectivity index (χ4v) is 5.35. The van der Waals surface area contributed by atoms with E-state index in [2.05, 4.69) is 0 Å². The number of rotatable bonds is 5. The largest absolute Gasteiger partial charge is 0.481 e. The lowest BCUT2D eigenvalue weighted by atomic mass is 10.2. The molecule has 0 saturated carbocycles. The molecule has 0 bridgehead atoms. The number of carboxylic acids is 1. The third-order valence-corrected chi connectivity index (χ3v) is 6.40. The predicted octanol–water partition coefficient (Wildman–Crippen LogP) is -1.51. The lowest BCUT2D eigenvalue weighted by Gasteiger charge is -2.33. The summed E-state index contributed by atoms with van der Waals surface area (Å²) in [5.74, 6) is -1.16. The van der Waals surface area contributed by atoms with Gasteiger partial charge >= 0.3 is 5.97 Å². The van der Waals surface area contributed by atoms with Crippen LogP contribution < -0.4 is 0 Å². The van der Waals surface area contributed by atoms with Crippen molar-refractivity contribution in [1.82, 2.24) is 4.31 Å². The molecule has 18 heavy (non-hydrogen) atoms. The number of carboxylic acid groups (broad SMARTS) is 1. The Hall–Kier alpha value is -0.710. The Morgan fingerprint density at radius 3 is 2.50 bits per heavy atom. The summed E-state index contributed by atoms with van der Waals surface area (Å²) >= 11 is 0. The molecule has 1 aliphatic heterocycles. The maximum absolute atomic E-state index is 11.9. The number of aliphatic carboxylic acids is 1. The number of sulfonamides is 1. The smallest absolute Gasteiger partial charge is 0.305 e. The lowest BCUT2D eigenvalue weighted by molar-refractivity contribution is -0.139. The quantitative estimate of drug-likeness (QED) is 0.656. The topological polar surface area (TPSA) is 118 Å². The van der Waals surface area contributed by atoms with Crippen LogP contribution in [0.2, 0.25) is 0 Å². The second-order valence-electron chi connectivity index (χ2n) is 4.09. The average molecular weight is 301 g/mol. The molecule has 0 spiro atoms. The first kappa shape index (κ1) is 15.3. The van der Waals surface area contributed by atoms with Crippen molar-refractivity contribution in [3.05, 3.63) is 0 Å². The monoisotopic (exact) mass is 301 g/mol. The number of ether oxygens (including phenoxy) is 1. The first-order valence-electron chi connectivity index (χ1n) is 5.08. The van der Waals surface area contributed by atoms with Crippen LogP contribution >= 0.6 is 0 Å². The minimum atomic E-state index is -4.03. The molecule has 1 rings (SSSR count). The van der Waals surface area contributed by atoms with Crippen LogP contribution in [0, 0.1) is 0 Å². The van der Waals surface area contributed by atoms with Crippen molar-refractivity contribution in [3.8, 4) is 0 Å². The molecule has 0 radical (unpaired) electrons. The van der Waals surface area contributed by atoms with Gasteiger partial charge in [-0.25, -0.2) is 16.8 Å². The Morgan fingerprint density at radius 1 is 1.39 bits per heavy atom. The first-order chi connectivity index (χ1) is 8.12. The molecular formula is C8H15NO7S2. The Labute approximate surface area is 106 Å². The van der Waals surface area contributed by atoms with Gasteiger partial charge in [0, 0.05) is 12.8 Å². The van der Waals surface area contributed by atoms with E-state index in [9.17, 15) is 21.6 Å². The van der Waals surface area contributed by atoms with Crippen molar-refractivity contribution >= 4 is 25.8 Å². The van der Waals surface area contributed by atoms with Crippen LogP contribution in [0.5, 0.6) is 0 Å². The van der Waals surface area contributed by atoms with Gasteiger partial charge in [0.2, 0.25) is 10.0 Å². The molecular weight excluding hydrogens is 286 g/mol. The molecule has 8 nitrogen and oxygen atoms in total. The fraction of sp³-hybridized carbons (Fsp3) is 0.875. The minimum absolute atomic E-state index is 0.0319. The highest BCUT2D eigenvalue weighted by Crippen LogP contribution is 2.16. The summed E-state index contributed by atoms with van der Waals surface area (Å²) in [7, 11) is -7.73. The zero-order valence-electron chi connectivity index (χ0n) is 9.77. The van der Waals surface area contributed by atoms with Gasteiger partial charge < -0.3 is 9.84 Å². The predicted molar refractivity (Wildman–Crippen MR) is 62.2 cm³/mol. The van der Waals surface area contributed by atoms with E-state index >= 15 is 0 Å². The summed E-state index contributed by atoms with van der Waals surface area (Å²) in [5.41, 5.74) is 0. The van der Waals surface area contributed by atoms with Crippen LogP contribution in [0.1, 0.15) is 6.42 Å². The summed E-state index contributed by atoms with van der Waals surface area (Å²) in [6, 6.07) is -0.858. The Morgan fingerprint density at radius 2 is 2.00 bits per heavy atom. The van der Waals surface area contributed by atoms with Gasteiger partial charge in [0.25, 0.3) is 0 Å². The zero-order valence-corrected chi connectivity index (χ0v) is 11.4. The number of hydrogen-bond donors (Lipinski definition) is 1. The van der Waals surface area contributed by atoms with Crippen LogP contribution in [0.3, 0.4) is 0 Å². The van der Waals surface area contributed by atoms with E-state index in [1.165, 1.54) is 0 Å². The average Bonchev–Trinajstić information content (AvgIpc) is 2.13. The summed E-state index contributed by atoms with van der Waals surface area (Å²) in [5, 5.41) is 7.67. The normalized spacial score (nSPS) is 22.8. The van der Waals surface area contributed by atoms with E-state index in [0.717, 1.165) is 10.6 Å². The molecule has 0 aromatic carbocycles. The summed E-state index contributed by atoms with van der Waals surface area (Å²) in [6.45, 7) is 0.0458. The molecule has 10 heteroatoms. The van der Waals surface area contributed by atoms with E-state index < -0.39 is 43.4 Å². The molecule has 0 aliphatic carbocycles. The Balaban J connectivity index is 2.92. The van der Waals surface area contributed by atoms with Crippen LogP contribution in [-0.2, 0) is 29.4 Å². The molecule has 1 aliphatic rings.